The average molecular weight is 293 g/mol. The Bertz CT molecular complexity index is 649. The smallest absolute Gasteiger partial charge is 0.260 e. The molecule has 0 saturated carbocycles. The van der Waals surface area contributed by atoms with Gasteiger partial charge in [0.05, 0.1) is 11.8 Å². The van der Waals surface area contributed by atoms with Crippen molar-refractivity contribution in [3.05, 3.63) is 41.2 Å². The molecular formula is C13H13ClN4O2. The molecule has 6 nitrogen and oxygen atoms in total. The number of amides is 2. The van der Waals surface area contributed by atoms with Gasteiger partial charge in [0.25, 0.3) is 5.91 Å². The molecule has 104 valence electrons. The van der Waals surface area contributed by atoms with Crippen molar-refractivity contribution in [1.82, 2.24) is 9.78 Å². The van der Waals surface area contributed by atoms with E-state index in [9.17, 15) is 9.59 Å². The number of aryl methyl sites for hydroxylation is 1. The molecule has 1 aromatic heterocycles. The zero-order valence-corrected chi connectivity index (χ0v) is 11.7. The molecule has 0 atom stereocenters. The highest BCUT2D eigenvalue weighted by Crippen LogP contribution is 2.18. The first-order chi connectivity index (χ1) is 9.47. The Balaban J connectivity index is 2.08. The van der Waals surface area contributed by atoms with Crippen molar-refractivity contribution in [3.8, 4) is 0 Å². The van der Waals surface area contributed by atoms with E-state index in [0.717, 1.165) is 0 Å². The number of halogens is 1. The highest BCUT2D eigenvalue weighted by atomic mass is 35.5. The lowest BCUT2D eigenvalue weighted by atomic mass is 10.2. The number of carbonyl (C=O) groups is 2. The predicted octanol–water partition coefficient (Wildman–Crippen LogP) is 2.28. The van der Waals surface area contributed by atoms with Gasteiger partial charge in [-0.25, -0.2) is 0 Å². The summed E-state index contributed by atoms with van der Waals surface area (Å²) in [6, 6.07) is 6.77. The number of rotatable bonds is 3. The van der Waals surface area contributed by atoms with E-state index in [1.807, 2.05) is 0 Å². The maximum atomic E-state index is 12.0. The van der Waals surface area contributed by atoms with Crippen molar-refractivity contribution in [1.29, 1.82) is 0 Å². The van der Waals surface area contributed by atoms with E-state index in [1.165, 1.54) is 17.8 Å². The zero-order chi connectivity index (χ0) is 14.7. The van der Waals surface area contributed by atoms with Crippen LogP contribution in [0.1, 0.15) is 17.3 Å². The van der Waals surface area contributed by atoms with Gasteiger partial charge < -0.3 is 10.6 Å². The van der Waals surface area contributed by atoms with Crippen LogP contribution in [0.3, 0.4) is 0 Å². The third-order valence-electron chi connectivity index (χ3n) is 2.57. The number of hydrogen-bond donors (Lipinski definition) is 2. The van der Waals surface area contributed by atoms with Gasteiger partial charge >= 0.3 is 0 Å². The molecule has 0 fully saturated rings. The van der Waals surface area contributed by atoms with E-state index < -0.39 is 0 Å². The van der Waals surface area contributed by atoms with E-state index in [2.05, 4.69) is 15.7 Å². The maximum Gasteiger partial charge on any atom is 0.260 e. The van der Waals surface area contributed by atoms with Crippen LogP contribution in [0.2, 0.25) is 5.15 Å². The summed E-state index contributed by atoms with van der Waals surface area (Å²) in [7, 11) is 1.65. The molecule has 2 amide bonds. The summed E-state index contributed by atoms with van der Waals surface area (Å²) < 4.78 is 1.41. The summed E-state index contributed by atoms with van der Waals surface area (Å²) in [5, 5.41) is 9.52. The van der Waals surface area contributed by atoms with Crippen LogP contribution in [0, 0.1) is 0 Å². The molecule has 0 aliphatic carbocycles. The van der Waals surface area contributed by atoms with Crippen molar-refractivity contribution in [2.24, 2.45) is 7.05 Å². The van der Waals surface area contributed by atoms with Crippen molar-refractivity contribution in [2.75, 3.05) is 10.6 Å². The molecule has 0 bridgehead atoms. The summed E-state index contributed by atoms with van der Waals surface area (Å²) in [6.07, 6.45) is 1.41. The number of nitrogens with zero attached hydrogens (tertiary/aromatic N) is 2. The van der Waals surface area contributed by atoms with Gasteiger partial charge in [-0.05, 0) is 24.3 Å². The van der Waals surface area contributed by atoms with Gasteiger partial charge in [-0.15, -0.1) is 0 Å². The zero-order valence-electron chi connectivity index (χ0n) is 11.0. The number of carbonyl (C=O) groups excluding carboxylic acids is 2. The van der Waals surface area contributed by atoms with Gasteiger partial charge in [0, 0.05) is 25.3 Å². The fraction of sp³-hybridized carbons (Fsp3) is 0.154. The normalized spacial score (nSPS) is 10.2. The molecule has 0 saturated heterocycles. The third-order valence-corrected chi connectivity index (χ3v) is 3.02. The number of anilines is 2. The van der Waals surface area contributed by atoms with Crippen LogP contribution in [0.4, 0.5) is 11.4 Å². The van der Waals surface area contributed by atoms with Crippen molar-refractivity contribution in [3.63, 3.8) is 0 Å². The number of nitrogens with one attached hydrogen (secondary N) is 2. The lowest BCUT2D eigenvalue weighted by molar-refractivity contribution is -0.114. The summed E-state index contributed by atoms with van der Waals surface area (Å²) in [5.74, 6) is -0.487. The molecule has 2 N–H and O–H groups in total. The van der Waals surface area contributed by atoms with Crippen LogP contribution in [-0.2, 0) is 11.8 Å². The molecule has 0 radical (unpaired) electrons. The fourth-order valence-corrected chi connectivity index (χ4v) is 1.79. The molecule has 1 aromatic carbocycles. The lowest BCUT2D eigenvalue weighted by Crippen LogP contribution is -2.12. The van der Waals surface area contributed by atoms with Crippen molar-refractivity contribution >= 4 is 34.8 Å². The van der Waals surface area contributed by atoms with Crippen LogP contribution >= 0.6 is 11.6 Å². The Morgan fingerprint density at radius 3 is 2.15 bits per heavy atom. The summed E-state index contributed by atoms with van der Waals surface area (Å²) in [5.41, 5.74) is 1.57. The third kappa shape index (κ3) is 3.16. The Labute approximate surface area is 120 Å². The SMILES string of the molecule is CC(=O)Nc1ccc(NC(=O)c2cnn(C)c2Cl)cc1. The van der Waals surface area contributed by atoms with Gasteiger partial charge in [-0.1, -0.05) is 11.6 Å². The van der Waals surface area contributed by atoms with Gasteiger partial charge in [-0.2, -0.15) is 5.10 Å². The Kier molecular flexibility index (Phi) is 4.05. The molecular weight excluding hydrogens is 280 g/mol. The first-order valence-corrected chi connectivity index (χ1v) is 6.21. The van der Waals surface area contributed by atoms with E-state index in [4.69, 9.17) is 11.6 Å². The second-order valence-corrected chi connectivity index (χ2v) is 4.54. The summed E-state index contributed by atoms with van der Waals surface area (Å²) >= 11 is 5.94. The Morgan fingerprint density at radius 2 is 1.70 bits per heavy atom. The summed E-state index contributed by atoms with van der Waals surface area (Å²) in [6.45, 7) is 1.43. The monoisotopic (exact) mass is 292 g/mol. The van der Waals surface area contributed by atoms with Crippen molar-refractivity contribution < 1.29 is 9.59 Å². The van der Waals surface area contributed by atoms with E-state index in [-0.39, 0.29) is 17.0 Å². The van der Waals surface area contributed by atoms with E-state index >= 15 is 0 Å². The van der Waals surface area contributed by atoms with Crippen LogP contribution in [0.5, 0.6) is 0 Å². The second-order valence-electron chi connectivity index (χ2n) is 4.19. The van der Waals surface area contributed by atoms with Gasteiger partial charge in [0.15, 0.2) is 0 Å². The molecule has 0 aliphatic heterocycles. The lowest BCUT2D eigenvalue weighted by Gasteiger charge is -2.06. The summed E-state index contributed by atoms with van der Waals surface area (Å²) in [4.78, 5) is 22.9. The maximum absolute atomic E-state index is 12.0. The van der Waals surface area contributed by atoms with Gasteiger partial charge in [0.1, 0.15) is 5.15 Å². The minimum Gasteiger partial charge on any atom is -0.326 e. The second kappa shape index (κ2) is 5.75. The highest BCUT2D eigenvalue weighted by Gasteiger charge is 2.14. The molecule has 0 aliphatic rings. The minimum atomic E-state index is -0.338. The van der Waals surface area contributed by atoms with Gasteiger partial charge in [-0.3, -0.25) is 14.3 Å². The number of aromatic nitrogens is 2. The van der Waals surface area contributed by atoms with Crippen molar-refractivity contribution in [2.45, 2.75) is 6.92 Å². The Morgan fingerprint density at radius 1 is 1.15 bits per heavy atom. The topological polar surface area (TPSA) is 76.0 Å². The minimum absolute atomic E-state index is 0.149. The fourth-order valence-electron chi connectivity index (χ4n) is 1.61. The molecule has 0 unspecified atom stereocenters. The predicted molar refractivity (Wildman–Crippen MR) is 76.9 cm³/mol. The first-order valence-electron chi connectivity index (χ1n) is 5.84. The van der Waals surface area contributed by atoms with Crippen LogP contribution < -0.4 is 10.6 Å². The number of benzene rings is 1. The standard InChI is InChI=1S/C13H13ClN4O2/c1-8(19)16-9-3-5-10(6-4-9)17-13(20)11-7-15-18(2)12(11)14/h3-7H,1-2H3,(H,16,19)(H,17,20). The molecule has 7 heteroatoms. The molecule has 2 rings (SSSR count). The van der Waals surface area contributed by atoms with Crippen LogP contribution in [-0.4, -0.2) is 21.6 Å². The Hall–Kier alpha value is -2.34. The average Bonchev–Trinajstić information content (AvgIpc) is 2.72. The molecule has 1 heterocycles. The van der Waals surface area contributed by atoms with Crippen LogP contribution in [0.25, 0.3) is 0 Å². The van der Waals surface area contributed by atoms with E-state index in [0.29, 0.717) is 16.9 Å². The number of hydrogen-bond acceptors (Lipinski definition) is 3. The molecule has 20 heavy (non-hydrogen) atoms. The van der Waals surface area contributed by atoms with Crippen LogP contribution in [0.15, 0.2) is 30.5 Å². The van der Waals surface area contributed by atoms with Gasteiger partial charge in [0.2, 0.25) is 5.91 Å². The quantitative estimate of drug-likeness (QED) is 0.911. The molecule has 2 aromatic rings. The first kappa shape index (κ1) is 14.1. The largest absolute Gasteiger partial charge is 0.326 e. The van der Waals surface area contributed by atoms with E-state index in [1.54, 1.807) is 31.3 Å². The molecule has 0 spiro atoms. The highest BCUT2D eigenvalue weighted by molar-refractivity contribution is 6.33.